The molecule has 1 rings (SSSR count). The van der Waals surface area contributed by atoms with Crippen LogP contribution >= 0.6 is 28.5 Å². The van der Waals surface area contributed by atoms with Crippen LogP contribution in [0.2, 0.25) is 0 Å². The first-order chi connectivity index (χ1) is 5.16. The Kier molecular flexibility index (Phi) is 3.32. The third-order valence-corrected chi connectivity index (χ3v) is 8.70. The van der Waals surface area contributed by atoms with Gasteiger partial charge in [-0.05, 0) is 6.92 Å². The molecule has 0 spiro atoms. The number of hydrogen-bond acceptors (Lipinski definition) is 5. The number of nitrogens with zero attached hydrogens (tertiary/aromatic N) is 1. The summed E-state index contributed by atoms with van der Waals surface area (Å²) in [5.41, 5.74) is 0. The quantitative estimate of drug-likeness (QED) is 0.654. The van der Waals surface area contributed by atoms with Gasteiger partial charge in [0.15, 0.2) is 0 Å². The summed E-state index contributed by atoms with van der Waals surface area (Å²) in [7, 11) is 0. The van der Waals surface area contributed by atoms with Gasteiger partial charge < -0.3 is 0 Å². The molecular formula is C5H8NO2PS2. The van der Waals surface area contributed by atoms with Gasteiger partial charge in [-0.15, -0.1) is 0 Å². The van der Waals surface area contributed by atoms with E-state index in [-0.39, 0.29) is 0 Å². The zero-order valence-electron chi connectivity index (χ0n) is 6.02. The lowest BCUT2D eigenvalue weighted by molar-refractivity contribution is 0.295. The van der Waals surface area contributed by atoms with E-state index in [0.717, 1.165) is 11.5 Å². The highest BCUT2D eigenvalue weighted by molar-refractivity contribution is 8.90. The summed E-state index contributed by atoms with van der Waals surface area (Å²) in [6.45, 7) is 1.61. The van der Waals surface area contributed by atoms with E-state index in [2.05, 4.69) is 0 Å². The Morgan fingerprint density at radius 3 is 2.64 bits per heavy atom. The van der Waals surface area contributed by atoms with E-state index < -0.39 is 11.9 Å². The molecule has 0 N–H and O–H groups in total. The summed E-state index contributed by atoms with van der Waals surface area (Å²) in [4.78, 5) is 0. The van der Waals surface area contributed by atoms with Gasteiger partial charge in [0.25, 0.3) is 0 Å². The Labute approximate surface area is 73.8 Å². The highest BCUT2D eigenvalue weighted by Gasteiger charge is 2.32. The van der Waals surface area contributed by atoms with Crippen molar-refractivity contribution in [1.82, 2.24) is 0 Å². The second kappa shape index (κ2) is 3.86. The van der Waals surface area contributed by atoms with Gasteiger partial charge in [0.05, 0.1) is 6.07 Å². The fraction of sp³-hybridized carbons (Fsp3) is 0.800. The van der Waals surface area contributed by atoms with Gasteiger partial charge in [0.1, 0.15) is 6.10 Å². The maximum absolute atomic E-state index is 11.5. The number of nitriles is 1. The van der Waals surface area contributed by atoms with Crippen molar-refractivity contribution in [2.24, 2.45) is 0 Å². The lowest BCUT2D eigenvalue weighted by atomic mass is 10.5. The molecule has 1 aliphatic rings. The monoisotopic (exact) mass is 209 g/mol. The second-order valence-electron chi connectivity index (χ2n) is 1.99. The molecule has 0 saturated carbocycles. The first kappa shape index (κ1) is 9.47. The molecule has 0 aliphatic carbocycles. The molecule has 6 heteroatoms. The summed E-state index contributed by atoms with van der Waals surface area (Å²) >= 11 is 2.67. The standard InChI is InChI=1S/C5H8NO2PS2/c1-5(4-6)8-9(7)10-2-3-11-9/h5H,2-3H2,1H3. The van der Waals surface area contributed by atoms with Crippen LogP contribution in [0.25, 0.3) is 0 Å². The van der Waals surface area contributed by atoms with Crippen molar-refractivity contribution in [3.63, 3.8) is 0 Å². The predicted molar refractivity (Wildman–Crippen MR) is 48.7 cm³/mol. The summed E-state index contributed by atoms with van der Waals surface area (Å²) in [5.74, 6) is -0.809. The number of rotatable bonds is 2. The molecule has 1 aliphatic heterocycles. The maximum atomic E-state index is 11.5. The molecule has 11 heavy (non-hydrogen) atoms. The molecule has 1 unspecified atom stereocenters. The average molecular weight is 209 g/mol. The largest absolute Gasteiger partial charge is 0.314 e. The minimum Gasteiger partial charge on any atom is -0.295 e. The van der Waals surface area contributed by atoms with E-state index in [1.165, 1.54) is 22.8 Å². The average Bonchev–Trinajstić information content (AvgIpc) is 2.36. The molecule has 0 aromatic carbocycles. The summed E-state index contributed by atoms with van der Waals surface area (Å²) < 4.78 is 16.6. The smallest absolute Gasteiger partial charge is 0.295 e. The Morgan fingerprint density at radius 1 is 1.64 bits per heavy atom. The molecule has 1 saturated heterocycles. The molecule has 1 heterocycles. The fourth-order valence-electron chi connectivity index (χ4n) is 0.613. The molecule has 0 bridgehead atoms. The van der Waals surface area contributed by atoms with Crippen LogP contribution < -0.4 is 0 Å². The Morgan fingerprint density at radius 2 is 2.18 bits per heavy atom. The first-order valence-electron chi connectivity index (χ1n) is 3.13. The second-order valence-corrected chi connectivity index (χ2v) is 9.56. The Bertz CT molecular complexity index is 217. The summed E-state index contributed by atoms with van der Waals surface area (Å²) in [6, 6.07) is 1.90. The van der Waals surface area contributed by atoms with Crippen LogP contribution in [-0.4, -0.2) is 17.6 Å². The van der Waals surface area contributed by atoms with Gasteiger partial charge in [-0.3, -0.25) is 9.09 Å². The highest BCUT2D eigenvalue weighted by atomic mass is 33.1. The van der Waals surface area contributed by atoms with Crippen molar-refractivity contribution in [2.45, 2.75) is 13.0 Å². The number of hydrogen-bond donors (Lipinski definition) is 0. The van der Waals surface area contributed by atoms with Crippen LogP contribution in [0.4, 0.5) is 0 Å². The van der Waals surface area contributed by atoms with E-state index in [9.17, 15) is 4.57 Å². The normalized spacial score (nSPS) is 24.4. The maximum Gasteiger partial charge on any atom is 0.314 e. The van der Waals surface area contributed by atoms with Crippen molar-refractivity contribution in [3.05, 3.63) is 0 Å². The van der Waals surface area contributed by atoms with Gasteiger partial charge in [-0.2, -0.15) is 5.26 Å². The Hall–Kier alpha value is 0.380. The molecule has 0 aromatic heterocycles. The summed E-state index contributed by atoms with van der Waals surface area (Å²) in [5, 5.41) is 8.39. The lowest BCUT2D eigenvalue weighted by Gasteiger charge is -2.10. The van der Waals surface area contributed by atoms with Gasteiger partial charge >= 0.3 is 5.77 Å². The van der Waals surface area contributed by atoms with Crippen LogP contribution in [0.5, 0.6) is 0 Å². The lowest BCUT2D eigenvalue weighted by Crippen LogP contribution is -1.98. The molecule has 62 valence electrons. The van der Waals surface area contributed by atoms with E-state index in [0.29, 0.717) is 0 Å². The topological polar surface area (TPSA) is 50.1 Å². The minimum atomic E-state index is -2.53. The molecule has 1 fully saturated rings. The van der Waals surface area contributed by atoms with Crippen LogP contribution in [-0.2, 0) is 9.09 Å². The zero-order valence-corrected chi connectivity index (χ0v) is 8.55. The van der Waals surface area contributed by atoms with Gasteiger partial charge in [-0.25, -0.2) is 0 Å². The summed E-state index contributed by atoms with van der Waals surface area (Å²) in [6.07, 6.45) is -0.557. The van der Waals surface area contributed by atoms with Crippen molar-refractivity contribution >= 4 is 28.5 Å². The van der Waals surface area contributed by atoms with Crippen LogP contribution in [0.15, 0.2) is 0 Å². The van der Waals surface area contributed by atoms with Crippen molar-refractivity contribution in [1.29, 1.82) is 5.26 Å². The molecule has 3 nitrogen and oxygen atoms in total. The van der Waals surface area contributed by atoms with Gasteiger partial charge in [-0.1, -0.05) is 22.8 Å². The van der Waals surface area contributed by atoms with E-state index >= 15 is 0 Å². The zero-order chi connectivity index (χ0) is 8.32. The molecule has 1 atom stereocenters. The van der Waals surface area contributed by atoms with Gasteiger partial charge in [0, 0.05) is 11.5 Å². The van der Waals surface area contributed by atoms with Crippen molar-refractivity contribution < 1.29 is 9.09 Å². The first-order valence-corrected chi connectivity index (χ1v) is 7.94. The van der Waals surface area contributed by atoms with Crippen LogP contribution in [0.1, 0.15) is 6.92 Å². The predicted octanol–water partition coefficient (Wildman–Crippen LogP) is 2.50. The van der Waals surface area contributed by atoms with Crippen molar-refractivity contribution in [3.8, 4) is 6.07 Å². The van der Waals surface area contributed by atoms with Crippen molar-refractivity contribution in [2.75, 3.05) is 11.5 Å². The molecular weight excluding hydrogens is 201 g/mol. The molecule has 0 radical (unpaired) electrons. The Balaban J connectivity index is 2.48. The van der Waals surface area contributed by atoms with Gasteiger partial charge in [0.2, 0.25) is 0 Å². The SMILES string of the molecule is CC(C#N)OP1(=O)SCCS1. The third kappa shape index (κ3) is 2.72. The van der Waals surface area contributed by atoms with E-state index in [1.54, 1.807) is 6.92 Å². The molecule has 0 amide bonds. The highest BCUT2D eigenvalue weighted by Crippen LogP contribution is 2.74. The fourth-order valence-corrected chi connectivity index (χ4v) is 8.35. The van der Waals surface area contributed by atoms with Crippen LogP contribution in [0.3, 0.4) is 0 Å². The third-order valence-electron chi connectivity index (χ3n) is 1.05. The minimum absolute atomic E-state index is 0.557. The van der Waals surface area contributed by atoms with E-state index in [1.807, 2.05) is 6.07 Å². The van der Waals surface area contributed by atoms with E-state index in [4.69, 9.17) is 9.79 Å². The molecule has 0 aromatic rings. The van der Waals surface area contributed by atoms with Crippen LogP contribution in [0, 0.1) is 11.3 Å².